The largest absolute Gasteiger partial charge is 0.478 e. The highest BCUT2D eigenvalue weighted by molar-refractivity contribution is 7.99. The van der Waals surface area contributed by atoms with E-state index in [0.29, 0.717) is 15.1 Å². The summed E-state index contributed by atoms with van der Waals surface area (Å²) in [6.45, 7) is 3.65. The third-order valence-electron chi connectivity index (χ3n) is 2.38. The molecule has 0 fully saturated rings. The zero-order valence-corrected chi connectivity index (χ0v) is 11.3. The molecule has 0 aliphatic heterocycles. The first-order valence-corrected chi connectivity index (χ1v) is 6.31. The number of hydrogen-bond donors (Lipinski definition) is 1. The van der Waals surface area contributed by atoms with Gasteiger partial charge in [0.1, 0.15) is 5.76 Å². The van der Waals surface area contributed by atoms with Crippen molar-refractivity contribution >= 4 is 29.3 Å². The van der Waals surface area contributed by atoms with E-state index in [1.54, 1.807) is 12.1 Å². The van der Waals surface area contributed by atoms with Crippen LogP contribution in [0.5, 0.6) is 0 Å². The van der Waals surface area contributed by atoms with Crippen LogP contribution in [-0.2, 0) is 0 Å². The number of carbonyl (C=O) groups is 1. The molecule has 4 nitrogen and oxygen atoms in total. The first-order chi connectivity index (χ1) is 8.47. The molecule has 0 saturated carbocycles. The zero-order valence-electron chi connectivity index (χ0n) is 9.73. The van der Waals surface area contributed by atoms with Gasteiger partial charge >= 0.3 is 5.97 Å². The highest BCUT2D eigenvalue weighted by Crippen LogP contribution is 2.32. The minimum absolute atomic E-state index is 0.140. The second kappa shape index (κ2) is 5.04. The molecule has 1 aromatic carbocycles. The number of halogens is 1. The molecule has 2 aromatic rings. The fourth-order valence-corrected chi connectivity index (χ4v) is 2.44. The van der Waals surface area contributed by atoms with Crippen molar-refractivity contribution in [2.75, 3.05) is 0 Å². The molecule has 0 bridgehead atoms. The average Bonchev–Trinajstić information content (AvgIpc) is 2.60. The molecule has 94 valence electrons. The number of aryl methyl sites for hydroxylation is 2. The molecular weight excluding hydrogens is 274 g/mol. The SMILES string of the molecule is Cc1nc(Sc2ccc(Cl)cc2C(=O)O)oc1C. The van der Waals surface area contributed by atoms with Gasteiger partial charge in [0.2, 0.25) is 0 Å². The maximum absolute atomic E-state index is 11.1. The first kappa shape index (κ1) is 13.0. The van der Waals surface area contributed by atoms with Gasteiger partial charge in [0.15, 0.2) is 0 Å². The van der Waals surface area contributed by atoms with E-state index in [-0.39, 0.29) is 5.56 Å². The number of rotatable bonds is 3. The predicted octanol–water partition coefficient (Wildman–Crippen LogP) is 3.79. The second-order valence-corrected chi connectivity index (χ2v) is 5.10. The van der Waals surface area contributed by atoms with E-state index in [9.17, 15) is 4.79 Å². The minimum atomic E-state index is -1.03. The molecular formula is C12H10ClNO3S. The second-order valence-electron chi connectivity index (χ2n) is 3.67. The molecule has 0 atom stereocenters. The van der Waals surface area contributed by atoms with E-state index in [4.69, 9.17) is 21.1 Å². The molecule has 1 N–H and O–H groups in total. The number of aromatic carboxylic acids is 1. The van der Waals surface area contributed by atoms with Gasteiger partial charge in [-0.3, -0.25) is 0 Å². The molecule has 0 unspecified atom stereocenters. The normalized spacial score (nSPS) is 10.6. The summed E-state index contributed by atoms with van der Waals surface area (Å²) in [5.41, 5.74) is 0.935. The summed E-state index contributed by atoms with van der Waals surface area (Å²) >= 11 is 6.95. The Morgan fingerprint density at radius 3 is 2.72 bits per heavy atom. The van der Waals surface area contributed by atoms with Gasteiger partial charge in [-0.25, -0.2) is 9.78 Å². The Morgan fingerprint density at radius 1 is 1.44 bits per heavy atom. The van der Waals surface area contributed by atoms with Crippen LogP contribution in [0.2, 0.25) is 5.02 Å². The Bertz CT molecular complexity index is 590. The van der Waals surface area contributed by atoms with Crippen LogP contribution >= 0.6 is 23.4 Å². The van der Waals surface area contributed by atoms with Crippen molar-refractivity contribution in [3.8, 4) is 0 Å². The van der Waals surface area contributed by atoms with Gasteiger partial charge in [0.25, 0.3) is 5.22 Å². The molecule has 0 aliphatic rings. The van der Waals surface area contributed by atoms with Gasteiger partial charge in [-0.2, -0.15) is 0 Å². The van der Waals surface area contributed by atoms with Gasteiger partial charge in [-0.05, 0) is 43.8 Å². The molecule has 0 saturated heterocycles. The van der Waals surface area contributed by atoms with E-state index in [1.165, 1.54) is 17.8 Å². The first-order valence-electron chi connectivity index (χ1n) is 5.12. The molecule has 0 spiro atoms. The number of oxazole rings is 1. The van der Waals surface area contributed by atoms with E-state index in [1.807, 2.05) is 13.8 Å². The van der Waals surface area contributed by atoms with Crippen LogP contribution in [0, 0.1) is 13.8 Å². The van der Waals surface area contributed by atoms with Crippen LogP contribution < -0.4 is 0 Å². The molecule has 2 rings (SSSR count). The van der Waals surface area contributed by atoms with Gasteiger partial charge in [-0.1, -0.05) is 11.6 Å². The fraction of sp³-hybridized carbons (Fsp3) is 0.167. The number of hydrogen-bond acceptors (Lipinski definition) is 4. The van der Waals surface area contributed by atoms with Gasteiger partial charge in [0.05, 0.1) is 11.3 Å². The standard InChI is InChI=1S/C12H10ClNO3S/c1-6-7(2)17-12(14-6)18-10-4-3-8(13)5-9(10)11(15)16/h3-5H,1-2H3,(H,15,16). The van der Waals surface area contributed by atoms with Crippen molar-refractivity contribution < 1.29 is 14.3 Å². The summed E-state index contributed by atoms with van der Waals surface area (Å²) in [5.74, 6) is -0.302. The molecule has 0 aliphatic carbocycles. The predicted molar refractivity (Wildman–Crippen MR) is 68.5 cm³/mol. The maximum atomic E-state index is 11.1. The van der Waals surface area contributed by atoms with Crippen LogP contribution in [0.25, 0.3) is 0 Å². The van der Waals surface area contributed by atoms with Crippen molar-refractivity contribution in [3.05, 3.63) is 40.2 Å². The number of carboxylic acids is 1. The van der Waals surface area contributed by atoms with Gasteiger partial charge in [0, 0.05) is 9.92 Å². The Kier molecular flexibility index (Phi) is 3.63. The fourth-order valence-electron chi connectivity index (χ4n) is 1.34. The van der Waals surface area contributed by atoms with E-state index in [0.717, 1.165) is 11.5 Å². The van der Waals surface area contributed by atoms with Crippen LogP contribution in [0.3, 0.4) is 0 Å². The summed E-state index contributed by atoms with van der Waals surface area (Å²) in [5, 5.41) is 9.92. The lowest BCUT2D eigenvalue weighted by atomic mass is 10.2. The van der Waals surface area contributed by atoms with Gasteiger partial charge < -0.3 is 9.52 Å². The quantitative estimate of drug-likeness (QED) is 0.928. The zero-order chi connectivity index (χ0) is 13.3. The summed E-state index contributed by atoms with van der Waals surface area (Å²) < 4.78 is 5.41. The molecule has 0 amide bonds. The number of carboxylic acid groups (broad SMARTS) is 1. The van der Waals surface area contributed by atoms with Crippen molar-refractivity contribution in [1.29, 1.82) is 0 Å². The minimum Gasteiger partial charge on any atom is -0.478 e. The summed E-state index contributed by atoms with van der Waals surface area (Å²) in [7, 11) is 0. The molecule has 6 heteroatoms. The topological polar surface area (TPSA) is 63.3 Å². The molecule has 1 aromatic heterocycles. The van der Waals surface area contributed by atoms with E-state index in [2.05, 4.69) is 4.98 Å². The lowest BCUT2D eigenvalue weighted by molar-refractivity contribution is 0.0693. The molecule has 18 heavy (non-hydrogen) atoms. The lowest BCUT2D eigenvalue weighted by Gasteiger charge is -2.03. The third kappa shape index (κ3) is 2.68. The monoisotopic (exact) mass is 283 g/mol. The Balaban J connectivity index is 2.36. The Labute approximate surface area is 113 Å². The van der Waals surface area contributed by atoms with Crippen LogP contribution in [0.1, 0.15) is 21.8 Å². The number of nitrogens with zero attached hydrogens (tertiary/aromatic N) is 1. The van der Waals surface area contributed by atoms with E-state index < -0.39 is 5.97 Å². The van der Waals surface area contributed by atoms with Crippen molar-refractivity contribution in [3.63, 3.8) is 0 Å². The highest BCUT2D eigenvalue weighted by Gasteiger charge is 2.15. The van der Waals surface area contributed by atoms with Crippen LogP contribution in [-0.4, -0.2) is 16.1 Å². The van der Waals surface area contributed by atoms with Crippen molar-refractivity contribution in [2.24, 2.45) is 0 Å². The van der Waals surface area contributed by atoms with Crippen LogP contribution in [0.4, 0.5) is 0 Å². The number of benzene rings is 1. The summed E-state index contributed by atoms with van der Waals surface area (Å²) in [4.78, 5) is 15.9. The number of aromatic nitrogens is 1. The van der Waals surface area contributed by atoms with Gasteiger partial charge in [-0.15, -0.1) is 0 Å². The van der Waals surface area contributed by atoms with E-state index >= 15 is 0 Å². The summed E-state index contributed by atoms with van der Waals surface area (Å²) in [6.07, 6.45) is 0. The smallest absolute Gasteiger partial charge is 0.336 e. The third-order valence-corrected chi connectivity index (χ3v) is 3.54. The summed E-state index contributed by atoms with van der Waals surface area (Å²) in [6, 6.07) is 4.69. The van der Waals surface area contributed by atoms with Crippen LogP contribution in [0.15, 0.2) is 32.7 Å². The molecule has 1 heterocycles. The van der Waals surface area contributed by atoms with Crippen molar-refractivity contribution in [2.45, 2.75) is 24.0 Å². The highest BCUT2D eigenvalue weighted by atomic mass is 35.5. The van der Waals surface area contributed by atoms with Crippen molar-refractivity contribution in [1.82, 2.24) is 4.98 Å². The average molecular weight is 284 g/mol. The Hall–Kier alpha value is -1.46. The lowest BCUT2D eigenvalue weighted by Crippen LogP contribution is -1.98. The maximum Gasteiger partial charge on any atom is 0.336 e. The molecule has 0 radical (unpaired) electrons. The Morgan fingerprint density at radius 2 is 2.17 bits per heavy atom.